The van der Waals surface area contributed by atoms with Gasteiger partial charge in [0.1, 0.15) is 0 Å². The molecule has 1 rings (SSSR count). The summed E-state index contributed by atoms with van der Waals surface area (Å²) in [5, 5.41) is 0. The average Bonchev–Trinajstić information content (AvgIpc) is 2.10. The van der Waals surface area contributed by atoms with Crippen LogP contribution in [-0.4, -0.2) is 5.92 Å². The van der Waals surface area contributed by atoms with Gasteiger partial charge in [-0.25, -0.2) is 8.78 Å². The monoisotopic (exact) mass is 130 g/mol. The van der Waals surface area contributed by atoms with Gasteiger partial charge in [-0.15, -0.1) is 12.3 Å². The summed E-state index contributed by atoms with van der Waals surface area (Å²) in [6.45, 7) is 0. The lowest BCUT2D eigenvalue weighted by atomic mass is 10.1. The van der Waals surface area contributed by atoms with Crippen molar-refractivity contribution in [3.8, 4) is 12.3 Å². The highest BCUT2D eigenvalue weighted by atomic mass is 19.3. The molecule has 1 unspecified atom stereocenters. The van der Waals surface area contributed by atoms with E-state index in [2.05, 4.69) is 5.92 Å². The largest absolute Gasteiger partial charge is 0.249 e. The fourth-order valence-corrected chi connectivity index (χ4v) is 1.09. The molecule has 0 aliphatic heterocycles. The summed E-state index contributed by atoms with van der Waals surface area (Å²) < 4.78 is 24.6. The van der Waals surface area contributed by atoms with E-state index in [1.54, 1.807) is 0 Å². The third-order valence-electron chi connectivity index (χ3n) is 1.64. The molecule has 1 fully saturated rings. The molecule has 0 aromatic rings. The Morgan fingerprint density at radius 2 is 2.22 bits per heavy atom. The second kappa shape index (κ2) is 1.98. The summed E-state index contributed by atoms with van der Waals surface area (Å²) in [4.78, 5) is 0. The molecular formula is C7H8F2. The minimum absolute atomic E-state index is 0.0259. The molecule has 0 radical (unpaired) electrons. The van der Waals surface area contributed by atoms with Crippen LogP contribution < -0.4 is 0 Å². The van der Waals surface area contributed by atoms with E-state index >= 15 is 0 Å². The third-order valence-corrected chi connectivity index (χ3v) is 1.64. The van der Waals surface area contributed by atoms with Crippen LogP contribution in [0.5, 0.6) is 0 Å². The molecule has 0 amide bonds. The van der Waals surface area contributed by atoms with E-state index in [1.165, 1.54) is 0 Å². The molecule has 0 nitrogen and oxygen atoms in total. The van der Waals surface area contributed by atoms with Crippen LogP contribution in [-0.2, 0) is 0 Å². The highest BCUT2D eigenvalue weighted by molar-refractivity contribution is 4.99. The van der Waals surface area contributed by atoms with Crippen LogP contribution in [0.3, 0.4) is 0 Å². The van der Waals surface area contributed by atoms with Gasteiger partial charge in [0.05, 0.1) is 0 Å². The predicted molar refractivity (Wildman–Crippen MR) is 31.1 cm³/mol. The van der Waals surface area contributed by atoms with Gasteiger partial charge in [0.2, 0.25) is 5.92 Å². The van der Waals surface area contributed by atoms with Crippen molar-refractivity contribution in [1.82, 2.24) is 0 Å². The first-order valence-electron chi connectivity index (χ1n) is 2.98. The highest BCUT2D eigenvalue weighted by Gasteiger charge is 2.38. The van der Waals surface area contributed by atoms with Gasteiger partial charge in [0.15, 0.2) is 0 Å². The number of hydrogen-bond acceptors (Lipinski definition) is 0. The summed E-state index contributed by atoms with van der Waals surface area (Å²) in [7, 11) is 0. The lowest BCUT2D eigenvalue weighted by molar-refractivity contribution is 0.00707. The molecule has 0 saturated heterocycles. The van der Waals surface area contributed by atoms with Crippen LogP contribution >= 0.6 is 0 Å². The lowest BCUT2D eigenvalue weighted by Gasteiger charge is -2.04. The zero-order valence-electron chi connectivity index (χ0n) is 5.03. The standard InChI is InChI=1S/C7H8F2/c1-2-6-3-4-7(8,9)5-6/h1,6H,3-5H2. The molecule has 0 aromatic heterocycles. The van der Waals surface area contributed by atoms with E-state index < -0.39 is 5.92 Å². The minimum atomic E-state index is -2.48. The van der Waals surface area contributed by atoms with Crippen LogP contribution in [0, 0.1) is 18.3 Å². The number of terminal acetylenes is 1. The number of halogens is 2. The van der Waals surface area contributed by atoms with E-state index in [0.717, 1.165) is 0 Å². The fourth-order valence-electron chi connectivity index (χ4n) is 1.09. The first kappa shape index (κ1) is 6.54. The van der Waals surface area contributed by atoms with Gasteiger partial charge in [-0.1, -0.05) is 0 Å². The first-order chi connectivity index (χ1) is 4.14. The van der Waals surface area contributed by atoms with Crippen LogP contribution in [0.25, 0.3) is 0 Å². The van der Waals surface area contributed by atoms with Crippen molar-refractivity contribution in [2.75, 3.05) is 0 Å². The molecule has 1 aliphatic carbocycles. The van der Waals surface area contributed by atoms with Gasteiger partial charge in [0.25, 0.3) is 0 Å². The summed E-state index contributed by atoms with van der Waals surface area (Å²) in [6, 6.07) is 0. The molecule has 0 heterocycles. The van der Waals surface area contributed by atoms with Crippen molar-refractivity contribution in [1.29, 1.82) is 0 Å². The molecule has 1 atom stereocenters. The highest BCUT2D eigenvalue weighted by Crippen LogP contribution is 2.38. The van der Waals surface area contributed by atoms with E-state index in [9.17, 15) is 8.78 Å². The van der Waals surface area contributed by atoms with E-state index in [0.29, 0.717) is 6.42 Å². The molecule has 50 valence electrons. The average molecular weight is 130 g/mol. The van der Waals surface area contributed by atoms with Gasteiger partial charge in [-0.05, 0) is 6.42 Å². The van der Waals surface area contributed by atoms with Crippen LogP contribution in [0.2, 0.25) is 0 Å². The van der Waals surface area contributed by atoms with Gasteiger partial charge in [-0.3, -0.25) is 0 Å². The van der Waals surface area contributed by atoms with Crippen molar-refractivity contribution < 1.29 is 8.78 Å². The maximum atomic E-state index is 12.3. The van der Waals surface area contributed by atoms with Crippen molar-refractivity contribution >= 4 is 0 Å². The topological polar surface area (TPSA) is 0 Å². The Bertz CT molecular complexity index is 143. The predicted octanol–water partition coefficient (Wildman–Crippen LogP) is 2.05. The van der Waals surface area contributed by atoms with Crippen LogP contribution in [0.15, 0.2) is 0 Å². The Morgan fingerprint density at radius 3 is 2.44 bits per heavy atom. The normalized spacial score (nSPS) is 31.9. The molecule has 9 heavy (non-hydrogen) atoms. The number of rotatable bonds is 0. The molecule has 2 heteroatoms. The second-order valence-electron chi connectivity index (χ2n) is 2.46. The Kier molecular flexibility index (Phi) is 1.44. The molecule has 1 aliphatic rings. The molecule has 0 aromatic carbocycles. The zero-order chi connectivity index (χ0) is 6.91. The first-order valence-corrected chi connectivity index (χ1v) is 2.98. The Morgan fingerprint density at radius 1 is 1.56 bits per heavy atom. The van der Waals surface area contributed by atoms with E-state index in [-0.39, 0.29) is 18.8 Å². The summed E-state index contributed by atoms with van der Waals surface area (Å²) >= 11 is 0. The Balaban J connectivity index is 2.50. The van der Waals surface area contributed by atoms with Gasteiger partial charge >= 0.3 is 0 Å². The van der Waals surface area contributed by atoms with Crippen LogP contribution in [0.1, 0.15) is 19.3 Å². The summed E-state index contributed by atoms with van der Waals surface area (Å²) in [5.41, 5.74) is 0. The van der Waals surface area contributed by atoms with Crippen molar-refractivity contribution in [2.45, 2.75) is 25.2 Å². The maximum absolute atomic E-state index is 12.3. The molecule has 0 spiro atoms. The third kappa shape index (κ3) is 1.41. The Hall–Kier alpha value is -0.580. The molecule has 0 bridgehead atoms. The summed E-state index contributed by atoms with van der Waals surface area (Å²) in [5.74, 6) is -0.316. The van der Waals surface area contributed by atoms with Gasteiger partial charge < -0.3 is 0 Å². The molecule has 0 N–H and O–H groups in total. The van der Waals surface area contributed by atoms with Crippen LogP contribution in [0.4, 0.5) is 8.78 Å². The smallest absolute Gasteiger partial charge is 0.207 e. The van der Waals surface area contributed by atoms with E-state index in [1.807, 2.05) is 0 Å². The second-order valence-corrected chi connectivity index (χ2v) is 2.46. The maximum Gasteiger partial charge on any atom is 0.249 e. The fraction of sp³-hybridized carbons (Fsp3) is 0.714. The molecular weight excluding hydrogens is 122 g/mol. The van der Waals surface area contributed by atoms with Crippen molar-refractivity contribution in [2.24, 2.45) is 5.92 Å². The quantitative estimate of drug-likeness (QED) is 0.440. The zero-order valence-corrected chi connectivity index (χ0v) is 5.03. The number of alkyl halides is 2. The van der Waals surface area contributed by atoms with Crippen molar-refractivity contribution in [3.63, 3.8) is 0 Å². The van der Waals surface area contributed by atoms with Gasteiger partial charge in [0, 0.05) is 18.8 Å². The van der Waals surface area contributed by atoms with Crippen molar-refractivity contribution in [3.05, 3.63) is 0 Å². The lowest BCUT2D eigenvalue weighted by Crippen LogP contribution is -2.08. The molecule has 1 saturated carbocycles. The Labute approximate surface area is 53.3 Å². The minimum Gasteiger partial charge on any atom is -0.207 e. The SMILES string of the molecule is C#CC1CCC(F)(F)C1. The summed E-state index contributed by atoms with van der Waals surface area (Å²) in [6.07, 6.45) is 5.33. The number of hydrogen-bond donors (Lipinski definition) is 0. The van der Waals surface area contributed by atoms with Gasteiger partial charge in [-0.2, -0.15) is 0 Å². The van der Waals surface area contributed by atoms with E-state index in [4.69, 9.17) is 6.42 Å².